The predicted octanol–water partition coefficient (Wildman–Crippen LogP) is 24.3. The first-order valence-corrected chi connectivity index (χ1v) is 35.5. The Balaban J connectivity index is 0.000000152. The number of rotatable bonds is 8. The maximum Gasteiger partial charge on any atom is 0.161 e. The molecule has 0 spiro atoms. The lowest BCUT2D eigenvalue weighted by Gasteiger charge is -2.18. The van der Waals surface area contributed by atoms with Crippen LogP contribution < -0.4 is 0 Å². The van der Waals surface area contributed by atoms with Crippen LogP contribution in [-0.4, -0.2) is 38.2 Å². The van der Waals surface area contributed by atoms with Crippen molar-refractivity contribution in [2.75, 3.05) is 0 Å². The van der Waals surface area contributed by atoms with E-state index in [9.17, 15) is 0 Å². The molecule has 8 heteroatoms. The van der Waals surface area contributed by atoms with Crippen LogP contribution in [0.3, 0.4) is 0 Å². The van der Waals surface area contributed by atoms with Crippen molar-refractivity contribution in [2.24, 2.45) is 0 Å². The summed E-state index contributed by atoms with van der Waals surface area (Å²) in [6.45, 7) is 29.8. The molecule has 0 atom stereocenters. The van der Waals surface area contributed by atoms with Crippen LogP contribution in [0.15, 0.2) is 231 Å². The van der Waals surface area contributed by atoms with Crippen LogP contribution in [0.25, 0.3) is 155 Å². The number of fused-ring (bicyclic) bond motifs is 12. The predicted molar refractivity (Wildman–Crippen MR) is 429 cm³/mol. The fourth-order valence-corrected chi connectivity index (χ4v) is 15.8. The number of benzene rings is 12. The average Bonchev–Trinajstić information content (AvgIpc) is 1.61. The van der Waals surface area contributed by atoms with Gasteiger partial charge in [-0.05, 0) is 276 Å². The van der Waals surface area contributed by atoms with Gasteiger partial charge in [-0.1, -0.05) is 129 Å². The third-order valence-electron chi connectivity index (χ3n) is 21.3. The Labute approximate surface area is 595 Å². The lowest BCUT2D eigenvalue weighted by Crippen LogP contribution is -2.03. The largest absolute Gasteiger partial charge is 0.309 e. The first-order valence-electron chi connectivity index (χ1n) is 35.5. The number of hydrogen-bond donors (Lipinski definition) is 0. The first-order chi connectivity index (χ1) is 49.3. The van der Waals surface area contributed by atoms with E-state index in [4.69, 9.17) is 19.9 Å². The van der Waals surface area contributed by atoms with Gasteiger partial charge in [0.05, 0.1) is 61.2 Å². The quantitative estimate of drug-likeness (QED) is 0.152. The molecule has 0 bridgehead atoms. The Kier molecular flexibility index (Phi) is 15.2. The van der Waals surface area contributed by atoms with Gasteiger partial charge in [-0.15, -0.1) is 0 Å². The van der Waals surface area contributed by atoms with E-state index in [1.54, 1.807) is 0 Å². The third-order valence-corrected chi connectivity index (χ3v) is 21.3. The van der Waals surface area contributed by atoms with E-state index >= 15 is 0 Å². The van der Waals surface area contributed by atoms with Crippen LogP contribution in [0.1, 0.15) is 78.5 Å². The zero-order valence-electron chi connectivity index (χ0n) is 60.5. The van der Waals surface area contributed by atoms with E-state index < -0.39 is 0 Å². The van der Waals surface area contributed by atoms with E-state index in [0.717, 1.165) is 102 Å². The number of aryl methyl sites for hydroxylation is 12. The van der Waals surface area contributed by atoms with Gasteiger partial charge in [-0.25, -0.2) is 19.9 Å². The van der Waals surface area contributed by atoms with Crippen LogP contribution in [-0.2, 0) is 0 Å². The highest BCUT2D eigenvalue weighted by atomic mass is 15.0. The highest BCUT2D eigenvalue weighted by Crippen LogP contribution is 2.43. The van der Waals surface area contributed by atoms with E-state index in [2.05, 4.69) is 339 Å². The third kappa shape index (κ3) is 10.7. The molecule has 0 aliphatic heterocycles. The van der Waals surface area contributed by atoms with Gasteiger partial charge in [0.25, 0.3) is 0 Å². The van der Waals surface area contributed by atoms with Crippen molar-refractivity contribution in [1.29, 1.82) is 0 Å². The van der Waals surface area contributed by atoms with Crippen molar-refractivity contribution in [3.63, 3.8) is 0 Å². The second kappa shape index (κ2) is 24.4. The summed E-state index contributed by atoms with van der Waals surface area (Å²) in [5.74, 6) is 1.52. The van der Waals surface area contributed by atoms with Crippen molar-refractivity contribution >= 4 is 87.2 Å². The smallest absolute Gasteiger partial charge is 0.161 e. The van der Waals surface area contributed by atoms with Crippen LogP contribution in [0.4, 0.5) is 0 Å². The zero-order valence-corrected chi connectivity index (χ0v) is 60.5. The Morgan fingerprint density at radius 2 is 0.480 bits per heavy atom. The summed E-state index contributed by atoms with van der Waals surface area (Å²) >= 11 is 0. The Morgan fingerprint density at radius 1 is 0.216 bits per heavy atom. The second-order valence-corrected chi connectivity index (χ2v) is 28.7. The minimum absolute atomic E-state index is 0.745. The van der Waals surface area contributed by atoms with Gasteiger partial charge >= 0.3 is 0 Å². The van der Waals surface area contributed by atoms with E-state index in [1.165, 1.54) is 132 Å². The summed E-state index contributed by atoms with van der Waals surface area (Å²) in [5, 5.41) is 10.2. The standard InChI is InChI=1S/2C47H40N4/c1-27-8-17-42-37(22-27)38-23-28(2)9-18-43(38)50(42)36-15-12-34(13-16-36)35-14-21-46(41(26-35)47-31(5)32(6)48-33(7)49-47)51-44-19-10-29(3)24-39(44)40-25-30(4)11-20-45(40)51;1-27-8-17-42-37(22-27)38-23-28(2)9-18-43(38)50(42)36-15-12-34(13-16-36)35-14-21-46(41(26-35)47-48-32(6)31(5)33(7)49-47)51-44-19-10-29(3)24-39(44)40-25-30(4)11-20-45(40)51/h2*8-26H,1-7H3. The van der Waals surface area contributed by atoms with E-state index in [-0.39, 0.29) is 0 Å². The molecule has 0 saturated heterocycles. The van der Waals surface area contributed by atoms with Crippen LogP contribution >= 0.6 is 0 Å². The molecule has 496 valence electrons. The molecule has 8 nitrogen and oxygen atoms in total. The van der Waals surface area contributed by atoms with Gasteiger partial charge in [-0.2, -0.15) is 0 Å². The first kappa shape index (κ1) is 63.4. The topological polar surface area (TPSA) is 71.3 Å². The highest BCUT2D eigenvalue weighted by Gasteiger charge is 2.24. The summed E-state index contributed by atoms with van der Waals surface area (Å²) in [7, 11) is 0. The summed E-state index contributed by atoms with van der Waals surface area (Å²) < 4.78 is 9.59. The molecule has 0 N–H and O–H groups in total. The minimum atomic E-state index is 0.745. The maximum atomic E-state index is 5.09. The normalized spacial score (nSPS) is 11.8. The molecule has 102 heavy (non-hydrogen) atoms. The summed E-state index contributed by atoms with van der Waals surface area (Å²) in [6, 6.07) is 85.8. The van der Waals surface area contributed by atoms with Crippen molar-refractivity contribution in [2.45, 2.75) is 96.9 Å². The van der Waals surface area contributed by atoms with Gasteiger partial charge in [0.2, 0.25) is 0 Å². The lowest BCUT2D eigenvalue weighted by atomic mass is 9.97. The molecule has 0 amide bonds. The maximum absolute atomic E-state index is 5.09. The average molecular weight is 1320 g/mol. The van der Waals surface area contributed by atoms with Gasteiger partial charge in [0, 0.05) is 82.7 Å². The van der Waals surface area contributed by atoms with Crippen molar-refractivity contribution in [3.8, 4) is 67.6 Å². The van der Waals surface area contributed by atoms with Crippen molar-refractivity contribution < 1.29 is 0 Å². The zero-order chi connectivity index (χ0) is 70.3. The SMILES string of the molecule is Cc1ccc2c(c1)c1cc(C)ccc1n2-c1ccc(-c2ccc(-n3c4ccc(C)cc4c4cc(C)ccc43)c(-c3nc(C)c(C)c(C)n3)c2)cc1.Cc1ccc2c(c1)c1cc(C)ccc1n2-c1ccc(-c2ccc(-n3c4ccc(C)cc4c4cc(C)ccc43)c(-c3nc(C)nc(C)c3C)c2)cc1. The van der Waals surface area contributed by atoms with Gasteiger partial charge in [-0.3, -0.25) is 0 Å². The Hall–Kier alpha value is -12.0. The van der Waals surface area contributed by atoms with Crippen LogP contribution in [0.2, 0.25) is 0 Å². The summed E-state index contributed by atoms with van der Waals surface area (Å²) in [5.41, 5.74) is 37.1. The molecule has 18 aromatic rings. The molecule has 0 saturated carbocycles. The molecule has 0 aliphatic rings. The molecular weight excluding hydrogens is 1240 g/mol. The van der Waals surface area contributed by atoms with Gasteiger partial charge < -0.3 is 18.3 Å². The van der Waals surface area contributed by atoms with E-state index in [1.807, 2.05) is 6.92 Å². The van der Waals surface area contributed by atoms with E-state index in [0.29, 0.717) is 0 Å². The second-order valence-electron chi connectivity index (χ2n) is 28.7. The monoisotopic (exact) mass is 1320 g/mol. The lowest BCUT2D eigenvalue weighted by molar-refractivity contribution is 0.989. The summed E-state index contributed by atoms with van der Waals surface area (Å²) in [6.07, 6.45) is 0. The molecule has 0 fully saturated rings. The number of nitrogens with zero attached hydrogens (tertiary/aromatic N) is 8. The highest BCUT2D eigenvalue weighted by molar-refractivity contribution is 6.13. The number of hydrogen-bond acceptors (Lipinski definition) is 4. The molecule has 0 radical (unpaired) electrons. The Bertz CT molecular complexity index is 6260. The minimum Gasteiger partial charge on any atom is -0.309 e. The fourth-order valence-electron chi connectivity index (χ4n) is 15.8. The van der Waals surface area contributed by atoms with Crippen LogP contribution in [0.5, 0.6) is 0 Å². The van der Waals surface area contributed by atoms with Crippen LogP contribution in [0, 0.1) is 96.9 Å². The molecule has 0 unspecified atom stereocenters. The summed E-state index contributed by atoms with van der Waals surface area (Å²) in [4.78, 5) is 20.0. The molecule has 0 aliphatic carbocycles. The van der Waals surface area contributed by atoms with Gasteiger partial charge in [0.15, 0.2) is 5.82 Å². The molecule has 6 aromatic heterocycles. The molecule has 18 rings (SSSR count). The number of aromatic nitrogens is 8. The van der Waals surface area contributed by atoms with Crippen molar-refractivity contribution in [1.82, 2.24) is 38.2 Å². The molecular formula is C94H80N8. The van der Waals surface area contributed by atoms with Gasteiger partial charge in [0.1, 0.15) is 5.82 Å². The Morgan fingerprint density at radius 3 is 0.794 bits per heavy atom. The van der Waals surface area contributed by atoms with Crippen molar-refractivity contribution in [3.05, 3.63) is 309 Å². The fraction of sp³-hybridized carbons (Fsp3) is 0.149. The molecule has 12 aromatic carbocycles. The molecule has 6 heterocycles.